The van der Waals surface area contributed by atoms with Crippen molar-refractivity contribution in [2.45, 2.75) is 24.3 Å². The molecule has 0 saturated heterocycles. The lowest BCUT2D eigenvalue weighted by molar-refractivity contribution is 0.0943. The van der Waals surface area contributed by atoms with E-state index in [1.807, 2.05) is 47.0 Å². The molecule has 1 amide bonds. The van der Waals surface area contributed by atoms with Gasteiger partial charge >= 0.3 is 0 Å². The molecule has 8 heteroatoms. The Morgan fingerprint density at radius 2 is 1.74 bits per heavy atom. The fourth-order valence-corrected chi connectivity index (χ4v) is 4.82. The van der Waals surface area contributed by atoms with Gasteiger partial charge in [-0.2, -0.15) is 0 Å². The molecule has 1 atom stereocenters. The first-order chi connectivity index (χ1) is 16.3. The van der Waals surface area contributed by atoms with Crippen molar-refractivity contribution in [2.24, 2.45) is 0 Å². The Labute approximate surface area is 200 Å². The molecule has 2 aromatic carbocycles. The zero-order chi connectivity index (χ0) is 24.3. The van der Waals surface area contributed by atoms with Crippen molar-refractivity contribution in [3.05, 3.63) is 95.9 Å². The van der Waals surface area contributed by atoms with Gasteiger partial charge in [-0.05, 0) is 53.4 Å². The normalized spacial score (nSPS) is 12.7. The van der Waals surface area contributed by atoms with E-state index in [0.717, 1.165) is 16.6 Å². The number of amides is 1. The van der Waals surface area contributed by atoms with Crippen molar-refractivity contribution in [1.29, 1.82) is 0 Å². The summed E-state index contributed by atoms with van der Waals surface area (Å²) in [6.45, 7) is 3.02. The average molecular weight is 477 g/mol. The van der Waals surface area contributed by atoms with Gasteiger partial charge < -0.3 is 9.88 Å². The first-order valence-corrected chi connectivity index (χ1v) is 12.5. The summed E-state index contributed by atoms with van der Waals surface area (Å²) in [7, 11) is -0.586. The van der Waals surface area contributed by atoms with Crippen molar-refractivity contribution in [3.8, 4) is 0 Å². The van der Waals surface area contributed by atoms with Crippen LogP contribution in [0.3, 0.4) is 0 Å². The van der Waals surface area contributed by atoms with Crippen LogP contribution in [0.25, 0.3) is 10.9 Å². The van der Waals surface area contributed by atoms with E-state index in [4.69, 9.17) is 0 Å². The average Bonchev–Trinajstić information content (AvgIpc) is 3.21. The summed E-state index contributed by atoms with van der Waals surface area (Å²) in [4.78, 5) is 17.5. The van der Waals surface area contributed by atoms with Crippen molar-refractivity contribution in [2.75, 3.05) is 20.6 Å². The molecule has 0 unspecified atom stereocenters. The van der Waals surface area contributed by atoms with Gasteiger partial charge in [0.25, 0.3) is 5.91 Å². The number of carbonyl (C=O) groups is 1. The van der Waals surface area contributed by atoms with Crippen molar-refractivity contribution >= 4 is 26.8 Å². The quantitative estimate of drug-likeness (QED) is 0.418. The number of nitrogens with zero attached hydrogens (tertiary/aromatic N) is 3. The zero-order valence-electron chi connectivity index (χ0n) is 19.5. The van der Waals surface area contributed by atoms with Gasteiger partial charge in [-0.15, -0.1) is 0 Å². The number of pyridine rings is 1. The molecule has 34 heavy (non-hydrogen) atoms. The SMILES string of the molecule is C[C@H](CNC(=O)c1cc2cc(S(=O)(=O)N(C)C)ccc2n1Cc1ccncc1)c1ccccc1. The second kappa shape index (κ2) is 9.79. The Bertz CT molecular complexity index is 1400. The Morgan fingerprint density at radius 1 is 1.03 bits per heavy atom. The molecule has 4 aromatic rings. The van der Waals surface area contributed by atoms with E-state index in [0.29, 0.717) is 24.2 Å². The molecule has 0 aliphatic heterocycles. The monoisotopic (exact) mass is 476 g/mol. The number of aromatic nitrogens is 2. The van der Waals surface area contributed by atoms with E-state index in [2.05, 4.69) is 17.2 Å². The molecule has 0 bridgehead atoms. The highest BCUT2D eigenvalue weighted by Crippen LogP contribution is 2.26. The van der Waals surface area contributed by atoms with E-state index in [-0.39, 0.29) is 16.7 Å². The standard InChI is InChI=1S/C26H28N4O3S/c1-19(21-7-5-4-6-8-21)17-28-26(31)25-16-22-15-23(34(32,33)29(2)3)9-10-24(22)30(25)18-20-11-13-27-14-12-20/h4-16,19H,17-18H2,1-3H3,(H,28,31)/t19-/m1/s1. The Balaban J connectivity index is 1.69. The molecule has 0 saturated carbocycles. The maximum Gasteiger partial charge on any atom is 0.267 e. The summed E-state index contributed by atoms with van der Waals surface area (Å²) in [5.41, 5.74) is 3.41. The Hall–Kier alpha value is -3.49. The van der Waals surface area contributed by atoms with Crippen molar-refractivity contribution in [1.82, 2.24) is 19.2 Å². The lowest BCUT2D eigenvalue weighted by atomic mass is 10.0. The highest BCUT2D eigenvalue weighted by atomic mass is 32.2. The first kappa shape index (κ1) is 23.7. The largest absolute Gasteiger partial charge is 0.350 e. The summed E-state index contributed by atoms with van der Waals surface area (Å²) < 4.78 is 28.4. The van der Waals surface area contributed by atoms with E-state index in [1.54, 1.807) is 36.7 Å². The van der Waals surface area contributed by atoms with Crippen LogP contribution in [0.4, 0.5) is 0 Å². The molecule has 7 nitrogen and oxygen atoms in total. The number of nitrogens with one attached hydrogen (secondary N) is 1. The first-order valence-electron chi connectivity index (χ1n) is 11.0. The third-order valence-electron chi connectivity index (χ3n) is 5.91. The fraction of sp³-hybridized carbons (Fsp3) is 0.231. The molecule has 0 aliphatic carbocycles. The summed E-state index contributed by atoms with van der Waals surface area (Å²) in [5.74, 6) is -0.0509. The molecule has 0 spiro atoms. The molecule has 0 radical (unpaired) electrons. The highest BCUT2D eigenvalue weighted by molar-refractivity contribution is 7.89. The second-order valence-electron chi connectivity index (χ2n) is 8.50. The summed E-state index contributed by atoms with van der Waals surface area (Å²) in [6, 6.07) is 20.6. The van der Waals surface area contributed by atoms with E-state index >= 15 is 0 Å². The molecule has 0 aliphatic rings. The third-order valence-corrected chi connectivity index (χ3v) is 7.72. The minimum absolute atomic E-state index is 0.153. The van der Waals surface area contributed by atoms with Crippen LogP contribution >= 0.6 is 0 Å². The molecular formula is C26H28N4O3S. The third kappa shape index (κ3) is 4.88. The number of benzene rings is 2. The molecule has 4 rings (SSSR count). The van der Waals surface area contributed by atoms with Crippen LogP contribution < -0.4 is 5.32 Å². The molecule has 176 valence electrons. The summed E-state index contributed by atoms with van der Waals surface area (Å²) in [6.07, 6.45) is 3.42. The molecular weight excluding hydrogens is 448 g/mol. The zero-order valence-corrected chi connectivity index (χ0v) is 20.3. The number of sulfonamides is 1. The van der Waals surface area contributed by atoms with Gasteiger partial charge in [-0.25, -0.2) is 12.7 Å². The fourth-order valence-electron chi connectivity index (χ4n) is 3.89. The van der Waals surface area contributed by atoms with Gasteiger partial charge in [0.05, 0.1) is 4.90 Å². The predicted octanol–water partition coefficient (Wildman–Crippen LogP) is 3.87. The molecule has 1 N–H and O–H groups in total. The topological polar surface area (TPSA) is 84.3 Å². The lowest BCUT2D eigenvalue weighted by Crippen LogP contribution is -2.29. The van der Waals surface area contributed by atoms with Crippen LogP contribution in [-0.2, 0) is 16.6 Å². The Kier molecular flexibility index (Phi) is 6.81. The van der Waals surface area contributed by atoms with Crippen LogP contribution in [-0.4, -0.2) is 48.8 Å². The smallest absolute Gasteiger partial charge is 0.267 e. The van der Waals surface area contributed by atoms with Crippen molar-refractivity contribution in [3.63, 3.8) is 0 Å². The van der Waals surface area contributed by atoms with Crippen LogP contribution in [0.5, 0.6) is 0 Å². The van der Waals surface area contributed by atoms with Gasteiger partial charge in [0.1, 0.15) is 5.69 Å². The number of hydrogen-bond donors (Lipinski definition) is 1. The minimum atomic E-state index is -3.59. The van der Waals surface area contributed by atoms with Gasteiger partial charge in [-0.1, -0.05) is 37.3 Å². The molecule has 0 fully saturated rings. The van der Waals surface area contributed by atoms with Gasteiger partial charge in [0.15, 0.2) is 0 Å². The summed E-state index contributed by atoms with van der Waals surface area (Å²) in [5, 5.41) is 3.74. The van der Waals surface area contributed by atoms with Gasteiger partial charge in [0, 0.05) is 50.5 Å². The van der Waals surface area contributed by atoms with Crippen LogP contribution in [0, 0.1) is 0 Å². The number of rotatable bonds is 8. The van der Waals surface area contributed by atoms with E-state index in [1.165, 1.54) is 18.4 Å². The van der Waals surface area contributed by atoms with Crippen LogP contribution in [0.2, 0.25) is 0 Å². The maximum atomic E-state index is 13.3. The van der Waals surface area contributed by atoms with Crippen LogP contribution in [0.1, 0.15) is 34.5 Å². The van der Waals surface area contributed by atoms with E-state index in [9.17, 15) is 13.2 Å². The predicted molar refractivity (Wildman–Crippen MR) is 133 cm³/mol. The van der Waals surface area contributed by atoms with E-state index < -0.39 is 10.0 Å². The highest BCUT2D eigenvalue weighted by Gasteiger charge is 2.21. The van der Waals surface area contributed by atoms with Gasteiger partial charge in [0.2, 0.25) is 10.0 Å². The molecule has 2 aromatic heterocycles. The number of carbonyl (C=O) groups excluding carboxylic acids is 1. The molecule has 2 heterocycles. The number of hydrogen-bond acceptors (Lipinski definition) is 4. The maximum absolute atomic E-state index is 13.3. The minimum Gasteiger partial charge on any atom is -0.350 e. The second-order valence-corrected chi connectivity index (χ2v) is 10.7. The van der Waals surface area contributed by atoms with Gasteiger partial charge in [-0.3, -0.25) is 9.78 Å². The Morgan fingerprint density at radius 3 is 2.41 bits per heavy atom. The summed E-state index contributed by atoms with van der Waals surface area (Å²) >= 11 is 0. The van der Waals surface area contributed by atoms with Crippen molar-refractivity contribution < 1.29 is 13.2 Å². The van der Waals surface area contributed by atoms with Crippen LogP contribution in [0.15, 0.2) is 84.0 Å². The number of fused-ring (bicyclic) bond motifs is 1. The lowest BCUT2D eigenvalue weighted by Gasteiger charge is -2.15.